The van der Waals surface area contributed by atoms with Gasteiger partial charge in [-0.2, -0.15) is 0 Å². The summed E-state index contributed by atoms with van der Waals surface area (Å²) in [5.41, 5.74) is 4.68. The molecule has 1 saturated heterocycles. The molecule has 1 saturated carbocycles. The highest BCUT2D eigenvalue weighted by atomic mass is 16.6. The molecule has 5 nitrogen and oxygen atoms in total. The molecule has 5 rings (SSSR count). The molecule has 1 amide bonds. The Bertz CT molecular complexity index is 910. The second-order valence-electron chi connectivity index (χ2n) is 8.41. The lowest BCUT2D eigenvalue weighted by atomic mass is 9.85. The Labute approximate surface area is 170 Å². The van der Waals surface area contributed by atoms with Crippen LogP contribution < -0.4 is 0 Å². The first-order valence-electron chi connectivity index (χ1n) is 10.5. The van der Waals surface area contributed by atoms with Crippen LogP contribution in [0.25, 0.3) is 11.1 Å². The second kappa shape index (κ2) is 7.21. The van der Waals surface area contributed by atoms with E-state index in [-0.39, 0.29) is 24.5 Å². The molecule has 2 aromatic rings. The summed E-state index contributed by atoms with van der Waals surface area (Å²) in [5.74, 6) is -0.655. The van der Waals surface area contributed by atoms with Crippen molar-refractivity contribution in [1.29, 1.82) is 0 Å². The van der Waals surface area contributed by atoms with Gasteiger partial charge in [-0.1, -0.05) is 61.4 Å². The lowest BCUT2D eigenvalue weighted by Crippen LogP contribution is -2.46. The summed E-state index contributed by atoms with van der Waals surface area (Å²) in [4.78, 5) is 26.4. The van der Waals surface area contributed by atoms with Gasteiger partial charge in [0.25, 0.3) is 0 Å². The highest BCUT2D eigenvalue weighted by molar-refractivity contribution is 5.82. The predicted octanol–water partition coefficient (Wildman–Crippen LogP) is 4.65. The number of carboxylic acid groups (broad SMARTS) is 1. The van der Waals surface area contributed by atoms with Crippen LogP contribution in [0.1, 0.15) is 49.1 Å². The average Bonchev–Trinajstić information content (AvgIpc) is 3.29. The van der Waals surface area contributed by atoms with E-state index < -0.39 is 18.1 Å². The normalized spacial score (nSPS) is 25.2. The van der Waals surface area contributed by atoms with Crippen molar-refractivity contribution < 1.29 is 19.4 Å². The average molecular weight is 391 g/mol. The number of nitrogens with zero attached hydrogens (tertiary/aromatic N) is 1. The number of amides is 1. The molecule has 5 heteroatoms. The third-order valence-corrected chi connectivity index (χ3v) is 6.92. The van der Waals surface area contributed by atoms with Gasteiger partial charge in [-0.15, -0.1) is 0 Å². The van der Waals surface area contributed by atoms with Crippen molar-refractivity contribution in [2.75, 3.05) is 6.61 Å². The van der Waals surface area contributed by atoms with Crippen LogP contribution in [0, 0.1) is 5.92 Å². The molecule has 3 atom stereocenters. The Kier molecular flexibility index (Phi) is 4.53. The number of benzene rings is 2. The lowest BCUT2D eigenvalue weighted by Gasteiger charge is -2.32. The number of fused-ring (bicyclic) bond motifs is 4. The quantitative estimate of drug-likeness (QED) is 0.827. The largest absolute Gasteiger partial charge is 0.480 e. The maximum absolute atomic E-state index is 13.0. The van der Waals surface area contributed by atoms with Crippen LogP contribution in [0.4, 0.5) is 4.79 Å². The molecule has 0 spiro atoms. The number of likely N-dealkylation sites (tertiary alicyclic amines) is 1. The topological polar surface area (TPSA) is 66.8 Å². The van der Waals surface area contributed by atoms with Crippen molar-refractivity contribution in [1.82, 2.24) is 4.90 Å². The van der Waals surface area contributed by atoms with E-state index in [2.05, 4.69) is 24.3 Å². The third kappa shape index (κ3) is 3.00. The first kappa shape index (κ1) is 18.2. The van der Waals surface area contributed by atoms with E-state index in [1.165, 1.54) is 16.0 Å². The smallest absolute Gasteiger partial charge is 0.410 e. The van der Waals surface area contributed by atoms with E-state index in [9.17, 15) is 14.7 Å². The Morgan fingerprint density at radius 1 is 0.966 bits per heavy atom. The van der Waals surface area contributed by atoms with Gasteiger partial charge in [0.05, 0.1) is 0 Å². The van der Waals surface area contributed by atoms with Gasteiger partial charge in [-0.3, -0.25) is 4.90 Å². The zero-order valence-electron chi connectivity index (χ0n) is 16.3. The molecule has 3 unspecified atom stereocenters. The van der Waals surface area contributed by atoms with Crippen molar-refractivity contribution in [3.63, 3.8) is 0 Å². The summed E-state index contributed by atoms with van der Waals surface area (Å²) in [6, 6.07) is 15.7. The zero-order chi connectivity index (χ0) is 20.0. The van der Waals surface area contributed by atoms with Crippen molar-refractivity contribution in [2.24, 2.45) is 5.92 Å². The molecule has 2 fully saturated rings. The number of aliphatic carboxylic acids is 1. The van der Waals surface area contributed by atoms with E-state index in [4.69, 9.17) is 4.74 Å². The van der Waals surface area contributed by atoms with Crippen molar-refractivity contribution in [2.45, 2.75) is 50.1 Å². The first-order valence-corrected chi connectivity index (χ1v) is 10.5. The number of hydrogen-bond acceptors (Lipinski definition) is 3. The molecule has 150 valence electrons. The minimum atomic E-state index is -0.923. The van der Waals surface area contributed by atoms with Crippen molar-refractivity contribution in [3.8, 4) is 11.1 Å². The van der Waals surface area contributed by atoms with Gasteiger partial charge >= 0.3 is 12.1 Å². The van der Waals surface area contributed by atoms with Crippen LogP contribution >= 0.6 is 0 Å². The van der Waals surface area contributed by atoms with Crippen LogP contribution in [0.15, 0.2) is 48.5 Å². The molecule has 0 bridgehead atoms. The summed E-state index contributed by atoms with van der Waals surface area (Å²) in [5, 5.41) is 9.67. The summed E-state index contributed by atoms with van der Waals surface area (Å²) in [6.07, 6.45) is 4.10. The number of rotatable bonds is 3. The molecular weight excluding hydrogens is 366 g/mol. The fourth-order valence-corrected chi connectivity index (χ4v) is 5.61. The first-order chi connectivity index (χ1) is 14.1. The van der Waals surface area contributed by atoms with Crippen LogP contribution in [0.2, 0.25) is 0 Å². The fourth-order valence-electron chi connectivity index (χ4n) is 5.61. The summed E-state index contributed by atoms with van der Waals surface area (Å²) in [7, 11) is 0. The van der Waals surface area contributed by atoms with Gasteiger partial charge in [0.1, 0.15) is 12.6 Å². The van der Waals surface area contributed by atoms with Gasteiger partial charge < -0.3 is 9.84 Å². The van der Waals surface area contributed by atoms with Crippen LogP contribution in [-0.4, -0.2) is 40.8 Å². The lowest BCUT2D eigenvalue weighted by molar-refractivity contribution is -0.142. The minimum absolute atomic E-state index is 0.000463. The number of carbonyl (C=O) groups is 2. The van der Waals surface area contributed by atoms with Gasteiger partial charge in [0.2, 0.25) is 0 Å². The Morgan fingerprint density at radius 3 is 2.24 bits per heavy atom. The molecule has 29 heavy (non-hydrogen) atoms. The van der Waals surface area contributed by atoms with E-state index in [0.717, 1.165) is 36.8 Å². The van der Waals surface area contributed by atoms with Gasteiger partial charge in [0, 0.05) is 12.0 Å². The highest BCUT2D eigenvalue weighted by Crippen LogP contribution is 2.45. The maximum Gasteiger partial charge on any atom is 0.410 e. The van der Waals surface area contributed by atoms with E-state index in [0.29, 0.717) is 6.42 Å². The Morgan fingerprint density at radius 2 is 1.59 bits per heavy atom. The second-order valence-corrected chi connectivity index (χ2v) is 8.41. The van der Waals surface area contributed by atoms with Gasteiger partial charge in [-0.25, -0.2) is 9.59 Å². The minimum Gasteiger partial charge on any atom is -0.480 e. The number of carbonyl (C=O) groups excluding carboxylic acids is 1. The molecule has 1 heterocycles. The van der Waals surface area contributed by atoms with Crippen molar-refractivity contribution >= 4 is 12.1 Å². The van der Waals surface area contributed by atoms with Gasteiger partial charge in [-0.05, 0) is 47.4 Å². The van der Waals surface area contributed by atoms with E-state index >= 15 is 0 Å². The highest BCUT2D eigenvalue weighted by Gasteiger charge is 2.48. The molecule has 1 aliphatic heterocycles. The third-order valence-electron chi connectivity index (χ3n) is 6.92. The molecule has 0 aromatic heterocycles. The standard InChI is InChI=1S/C24H25NO4/c26-23(27)22-13-15-7-1-6-12-21(15)25(22)24(28)29-14-20-18-10-4-2-8-16(18)17-9-3-5-11-19(17)20/h2-5,8-11,15,20-22H,1,6-7,12-14H2,(H,26,27). The molecule has 1 N–H and O–H groups in total. The molecule has 3 aliphatic rings. The van der Waals surface area contributed by atoms with E-state index in [1.54, 1.807) is 0 Å². The number of ether oxygens (including phenoxy) is 1. The Hall–Kier alpha value is -2.82. The summed E-state index contributed by atoms with van der Waals surface area (Å²) < 4.78 is 5.78. The molecule has 2 aliphatic carbocycles. The number of carboxylic acids is 1. The summed E-state index contributed by atoms with van der Waals surface area (Å²) >= 11 is 0. The van der Waals surface area contributed by atoms with Crippen LogP contribution in [0.5, 0.6) is 0 Å². The predicted molar refractivity (Wildman–Crippen MR) is 109 cm³/mol. The summed E-state index contributed by atoms with van der Waals surface area (Å²) in [6.45, 7) is 0.229. The van der Waals surface area contributed by atoms with Gasteiger partial charge in [0.15, 0.2) is 0 Å². The monoisotopic (exact) mass is 391 g/mol. The fraction of sp³-hybridized carbons (Fsp3) is 0.417. The maximum atomic E-state index is 13.0. The van der Waals surface area contributed by atoms with E-state index in [1.807, 2.05) is 24.3 Å². The SMILES string of the molecule is O=C(O)C1CC2CCCCC2N1C(=O)OCC1c2ccccc2-c2ccccc21. The molecule has 0 radical (unpaired) electrons. The van der Waals surface area contributed by atoms with Crippen molar-refractivity contribution in [3.05, 3.63) is 59.7 Å². The number of hydrogen-bond donors (Lipinski definition) is 1. The molecule has 2 aromatic carbocycles. The zero-order valence-corrected chi connectivity index (χ0v) is 16.3. The molecular formula is C24H25NO4. The Balaban J connectivity index is 1.37. The van der Waals surface area contributed by atoms with Crippen LogP contribution in [-0.2, 0) is 9.53 Å². The van der Waals surface area contributed by atoms with Crippen LogP contribution in [0.3, 0.4) is 0 Å².